The number of methoxy groups -OCH3 is 1. The highest BCUT2D eigenvalue weighted by molar-refractivity contribution is 5.81. The van der Waals surface area contributed by atoms with Crippen molar-refractivity contribution >= 4 is 5.96 Å². The molecule has 1 unspecified atom stereocenters. The van der Waals surface area contributed by atoms with Crippen molar-refractivity contribution in [2.45, 2.75) is 44.1 Å². The van der Waals surface area contributed by atoms with E-state index >= 15 is 0 Å². The molecule has 5 aliphatic rings. The monoisotopic (exact) mass is 339 g/mol. The van der Waals surface area contributed by atoms with E-state index in [1.807, 2.05) is 0 Å². The first kappa shape index (κ1) is 15.5. The number of ether oxygens (including phenoxy) is 1. The lowest BCUT2D eigenvalue weighted by molar-refractivity contribution is -0.0987. The number of nitrogens with zero attached hydrogens (tertiary/aromatic N) is 2. The molecular formula is C21H29N3O. The second-order valence-corrected chi connectivity index (χ2v) is 9.11. The molecule has 0 amide bonds. The molecule has 4 fully saturated rings. The zero-order chi connectivity index (χ0) is 17.2. The van der Waals surface area contributed by atoms with E-state index in [4.69, 9.17) is 15.5 Å². The molecule has 4 bridgehead atoms. The standard InChI is InChI=1S/C21H29N3O/c1-24-13-21(23-19(24)22,17-3-5-18(25-2)6-4-17)20-10-14-7-15(11-20)9-16(8-14)12-20/h3-6,14-16H,7-13H2,1-2H3,(H2,22,23). The Kier molecular flexibility index (Phi) is 3.20. The molecule has 0 radical (unpaired) electrons. The number of rotatable bonds is 3. The van der Waals surface area contributed by atoms with Crippen LogP contribution in [-0.4, -0.2) is 31.6 Å². The van der Waals surface area contributed by atoms with E-state index in [1.54, 1.807) is 7.11 Å². The van der Waals surface area contributed by atoms with Gasteiger partial charge >= 0.3 is 0 Å². The third kappa shape index (κ3) is 2.09. The number of guanidine groups is 1. The molecule has 134 valence electrons. The fourth-order valence-electron chi connectivity index (χ4n) is 6.97. The summed E-state index contributed by atoms with van der Waals surface area (Å²) >= 11 is 0. The van der Waals surface area contributed by atoms with Crippen LogP contribution in [0.4, 0.5) is 0 Å². The predicted molar refractivity (Wildman–Crippen MR) is 99.5 cm³/mol. The van der Waals surface area contributed by atoms with Crippen molar-refractivity contribution in [3.8, 4) is 5.75 Å². The van der Waals surface area contributed by atoms with Gasteiger partial charge in [0.15, 0.2) is 5.96 Å². The molecule has 0 aromatic heterocycles. The number of aliphatic imine (C=N–C) groups is 1. The Morgan fingerprint density at radius 2 is 1.60 bits per heavy atom. The highest BCUT2D eigenvalue weighted by Gasteiger charge is 2.63. The van der Waals surface area contributed by atoms with Crippen LogP contribution < -0.4 is 10.5 Å². The van der Waals surface area contributed by atoms with Gasteiger partial charge in [0.25, 0.3) is 0 Å². The molecule has 2 N–H and O–H groups in total. The van der Waals surface area contributed by atoms with Crippen LogP contribution in [0.3, 0.4) is 0 Å². The number of hydrogen-bond donors (Lipinski definition) is 1. The minimum absolute atomic E-state index is 0.186. The van der Waals surface area contributed by atoms with Gasteiger partial charge in [0, 0.05) is 12.5 Å². The minimum atomic E-state index is -0.186. The lowest BCUT2D eigenvalue weighted by Crippen LogP contribution is -2.57. The normalized spacial score (nSPS) is 41.9. The van der Waals surface area contributed by atoms with Crippen molar-refractivity contribution < 1.29 is 4.74 Å². The van der Waals surface area contributed by atoms with Gasteiger partial charge < -0.3 is 15.4 Å². The Morgan fingerprint density at radius 1 is 1.04 bits per heavy atom. The Bertz CT molecular complexity index is 675. The summed E-state index contributed by atoms with van der Waals surface area (Å²) in [5.74, 6) is 4.33. The smallest absolute Gasteiger partial charge is 0.192 e. The van der Waals surface area contributed by atoms with Crippen LogP contribution in [0, 0.1) is 23.2 Å². The lowest BCUT2D eigenvalue weighted by Gasteiger charge is -2.62. The van der Waals surface area contributed by atoms with Gasteiger partial charge in [0.2, 0.25) is 0 Å². The van der Waals surface area contributed by atoms with Crippen LogP contribution in [0.25, 0.3) is 0 Å². The zero-order valence-electron chi connectivity index (χ0n) is 15.4. The van der Waals surface area contributed by atoms with Gasteiger partial charge in [-0.25, -0.2) is 4.99 Å². The number of hydrogen-bond acceptors (Lipinski definition) is 4. The van der Waals surface area contributed by atoms with Gasteiger partial charge in [-0.2, -0.15) is 0 Å². The van der Waals surface area contributed by atoms with Crippen LogP contribution in [0.1, 0.15) is 44.1 Å². The van der Waals surface area contributed by atoms with Crippen molar-refractivity contribution in [2.24, 2.45) is 33.9 Å². The molecule has 25 heavy (non-hydrogen) atoms. The molecule has 4 nitrogen and oxygen atoms in total. The molecule has 0 spiro atoms. The maximum atomic E-state index is 6.32. The Morgan fingerprint density at radius 3 is 2.04 bits per heavy atom. The fraction of sp³-hybridized carbons (Fsp3) is 0.667. The highest BCUT2D eigenvalue weighted by Crippen LogP contribution is 2.67. The molecule has 1 aromatic carbocycles. The van der Waals surface area contributed by atoms with Gasteiger partial charge in [-0.1, -0.05) is 12.1 Å². The summed E-state index contributed by atoms with van der Waals surface area (Å²) in [7, 11) is 3.81. The Hall–Kier alpha value is -1.71. The van der Waals surface area contributed by atoms with Crippen LogP contribution in [0.5, 0.6) is 5.75 Å². The van der Waals surface area contributed by atoms with E-state index in [2.05, 4.69) is 36.2 Å². The van der Waals surface area contributed by atoms with E-state index in [-0.39, 0.29) is 11.0 Å². The van der Waals surface area contributed by atoms with Gasteiger partial charge in [-0.3, -0.25) is 0 Å². The first-order valence-corrected chi connectivity index (χ1v) is 9.75. The number of nitrogens with two attached hydrogens (primary N) is 1. The molecule has 4 heteroatoms. The van der Waals surface area contributed by atoms with Crippen molar-refractivity contribution in [2.75, 3.05) is 20.7 Å². The van der Waals surface area contributed by atoms with Crippen LogP contribution in [0.2, 0.25) is 0 Å². The highest BCUT2D eigenvalue weighted by atomic mass is 16.5. The Balaban J connectivity index is 1.64. The maximum Gasteiger partial charge on any atom is 0.192 e. The zero-order valence-corrected chi connectivity index (χ0v) is 15.4. The fourth-order valence-corrected chi connectivity index (χ4v) is 6.97. The van der Waals surface area contributed by atoms with E-state index < -0.39 is 0 Å². The second-order valence-electron chi connectivity index (χ2n) is 9.11. The van der Waals surface area contributed by atoms with Gasteiger partial charge in [-0.15, -0.1) is 0 Å². The topological polar surface area (TPSA) is 50.9 Å². The SMILES string of the molecule is COc1ccc(C2(C34CC5CC(CC(C5)C3)C4)CN(C)C(N)=N2)cc1. The Labute approximate surface area is 150 Å². The maximum absolute atomic E-state index is 6.32. The lowest BCUT2D eigenvalue weighted by atomic mass is 9.44. The second kappa shape index (κ2) is 5.15. The molecule has 1 aliphatic heterocycles. The number of benzene rings is 1. The van der Waals surface area contributed by atoms with E-state index in [0.717, 1.165) is 30.0 Å². The molecule has 4 saturated carbocycles. The van der Waals surface area contributed by atoms with Crippen molar-refractivity contribution in [3.05, 3.63) is 29.8 Å². The van der Waals surface area contributed by atoms with Gasteiger partial charge in [0.05, 0.1) is 13.7 Å². The van der Waals surface area contributed by atoms with Gasteiger partial charge in [0.1, 0.15) is 11.3 Å². The third-order valence-corrected chi connectivity index (χ3v) is 7.65. The summed E-state index contributed by atoms with van der Waals surface area (Å²) in [6.07, 6.45) is 8.34. The summed E-state index contributed by atoms with van der Waals surface area (Å²) in [4.78, 5) is 7.35. The van der Waals surface area contributed by atoms with Crippen molar-refractivity contribution in [1.82, 2.24) is 4.90 Å². The van der Waals surface area contributed by atoms with E-state index in [9.17, 15) is 0 Å². The van der Waals surface area contributed by atoms with Crippen LogP contribution >= 0.6 is 0 Å². The molecule has 1 atom stereocenters. The average molecular weight is 339 g/mol. The first-order valence-electron chi connectivity index (χ1n) is 9.75. The molecular weight excluding hydrogens is 310 g/mol. The van der Waals surface area contributed by atoms with Crippen molar-refractivity contribution in [1.29, 1.82) is 0 Å². The largest absolute Gasteiger partial charge is 0.497 e. The van der Waals surface area contributed by atoms with Crippen LogP contribution in [-0.2, 0) is 5.54 Å². The summed E-state index contributed by atoms with van der Waals surface area (Å²) in [6, 6.07) is 8.63. The average Bonchev–Trinajstić information content (AvgIpc) is 2.90. The van der Waals surface area contributed by atoms with Gasteiger partial charge in [-0.05, 0) is 74.0 Å². The summed E-state index contributed by atoms with van der Waals surface area (Å²) in [6.45, 7) is 0.914. The summed E-state index contributed by atoms with van der Waals surface area (Å²) < 4.78 is 5.39. The minimum Gasteiger partial charge on any atom is -0.497 e. The quantitative estimate of drug-likeness (QED) is 0.918. The molecule has 0 saturated heterocycles. The summed E-state index contributed by atoms with van der Waals surface area (Å²) in [5, 5.41) is 0. The first-order chi connectivity index (χ1) is 12.0. The van der Waals surface area contributed by atoms with E-state index in [0.29, 0.717) is 5.96 Å². The molecule has 4 aliphatic carbocycles. The molecule has 1 heterocycles. The number of likely N-dealkylation sites (N-methyl/N-ethyl adjacent to an activating group) is 1. The van der Waals surface area contributed by atoms with Crippen LogP contribution in [0.15, 0.2) is 29.3 Å². The van der Waals surface area contributed by atoms with Crippen molar-refractivity contribution in [3.63, 3.8) is 0 Å². The third-order valence-electron chi connectivity index (χ3n) is 7.65. The molecule has 6 rings (SSSR count). The predicted octanol–water partition coefficient (Wildman–Crippen LogP) is 3.37. The van der Waals surface area contributed by atoms with E-state index in [1.165, 1.54) is 44.1 Å². The summed E-state index contributed by atoms with van der Waals surface area (Å²) in [5.41, 5.74) is 7.74. The molecule has 1 aromatic rings.